The molecule has 152 valence electrons. The number of esters is 1. The number of pyridine rings is 1. The van der Waals surface area contributed by atoms with Crippen molar-refractivity contribution < 1.29 is 14.3 Å². The van der Waals surface area contributed by atoms with Gasteiger partial charge in [-0.05, 0) is 49.2 Å². The van der Waals surface area contributed by atoms with E-state index in [-0.39, 0.29) is 23.4 Å². The van der Waals surface area contributed by atoms with E-state index in [1.165, 1.54) is 10.6 Å². The maximum absolute atomic E-state index is 13.2. The highest BCUT2D eigenvalue weighted by Crippen LogP contribution is 2.34. The first-order chi connectivity index (χ1) is 14.5. The Morgan fingerprint density at radius 1 is 1.13 bits per heavy atom. The van der Waals surface area contributed by atoms with E-state index >= 15 is 0 Å². The van der Waals surface area contributed by atoms with E-state index in [9.17, 15) is 14.4 Å². The van der Waals surface area contributed by atoms with Crippen LogP contribution in [0.4, 0.5) is 5.69 Å². The minimum absolute atomic E-state index is 0.0288. The molecule has 3 aromatic rings. The summed E-state index contributed by atoms with van der Waals surface area (Å²) in [5.41, 5.74) is 2.44. The van der Waals surface area contributed by atoms with Gasteiger partial charge < -0.3 is 14.6 Å². The average Bonchev–Trinajstić information content (AvgIpc) is 2.76. The summed E-state index contributed by atoms with van der Waals surface area (Å²) in [5, 5.41) is 3.15. The third-order valence-corrected chi connectivity index (χ3v) is 5.24. The number of ether oxygens (including phenoxy) is 1. The molecule has 0 bridgehead atoms. The van der Waals surface area contributed by atoms with Crippen LogP contribution in [0.2, 0.25) is 5.02 Å². The minimum atomic E-state index is -0.565. The Hall–Kier alpha value is -3.38. The van der Waals surface area contributed by atoms with Crippen molar-refractivity contribution >= 4 is 29.2 Å². The van der Waals surface area contributed by atoms with E-state index in [4.69, 9.17) is 16.3 Å². The van der Waals surface area contributed by atoms with Gasteiger partial charge in [-0.2, -0.15) is 0 Å². The van der Waals surface area contributed by atoms with Crippen LogP contribution in [0.3, 0.4) is 0 Å². The van der Waals surface area contributed by atoms with Crippen molar-refractivity contribution in [3.63, 3.8) is 0 Å². The van der Waals surface area contributed by atoms with Crippen molar-refractivity contribution in [1.29, 1.82) is 0 Å². The van der Waals surface area contributed by atoms with Crippen LogP contribution in [-0.4, -0.2) is 23.1 Å². The summed E-state index contributed by atoms with van der Waals surface area (Å²) in [4.78, 5) is 38.5. The molecule has 0 radical (unpaired) electrons. The number of halogens is 1. The van der Waals surface area contributed by atoms with Gasteiger partial charge in [0.2, 0.25) is 0 Å². The standard InChI is InChI=1S/C23H19ClN2O4/c1-2-30-23(29)18-13-19(25-21(27)15-6-4-3-5-7-15)22(28)26-11-10-14-8-9-16(24)12-17(14)20(18)26/h3-9,12-13H,2,10-11H2,1H3,(H,25,27). The minimum Gasteiger partial charge on any atom is -0.462 e. The topological polar surface area (TPSA) is 77.4 Å². The molecule has 1 aromatic heterocycles. The highest BCUT2D eigenvalue weighted by atomic mass is 35.5. The van der Waals surface area contributed by atoms with Gasteiger partial charge in [-0.25, -0.2) is 4.79 Å². The molecular formula is C23H19ClN2O4. The summed E-state index contributed by atoms with van der Waals surface area (Å²) < 4.78 is 6.73. The first kappa shape index (κ1) is 19.9. The summed E-state index contributed by atoms with van der Waals surface area (Å²) in [7, 11) is 0. The van der Waals surface area contributed by atoms with Crippen molar-refractivity contribution in [3.05, 3.63) is 86.7 Å². The zero-order valence-electron chi connectivity index (χ0n) is 16.3. The molecule has 30 heavy (non-hydrogen) atoms. The predicted molar refractivity (Wildman–Crippen MR) is 115 cm³/mol. The lowest BCUT2D eigenvalue weighted by molar-refractivity contribution is 0.0526. The highest BCUT2D eigenvalue weighted by Gasteiger charge is 2.27. The van der Waals surface area contributed by atoms with Crippen LogP contribution < -0.4 is 10.9 Å². The second-order valence-corrected chi connectivity index (χ2v) is 7.31. The number of nitrogens with zero attached hydrogens (tertiary/aromatic N) is 1. The number of amides is 1. The number of nitrogens with one attached hydrogen (secondary N) is 1. The van der Waals surface area contributed by atoms with Crippen LogP contribution in [0.25, 0.3) is 11.3 Å². The van der Waals surface area contributed by atoms with Gasteiger partial charge in [-0.1, -0.05) is 35.9 Å². The number of aryl methyl sites for hydroxylation is 1. The molecule has 1 N–H and O–H groups in total. The summed E-state index contributed by atoms with van der Waals surface area (Å²) in [6.45, 7) is 2.28. The molecule has 6 nitrogen and oxygen atoms in total. The number of benzene rings is 2. The Morgan fingerprint density at radius 3 is 2.63 bits per heavy atom. The van der Waals surface area contributed by atoms with E-state index in [0.29, 0.717) is 29.2 Å². The lowest BCUT2D eigenvalue weighted by Gasteiger charge is -2.25. The zero-order valence-corrected chi connectivity index (χ0v) is 17.0. The number of hydrogen-bond donors (Lipinski definition) is 1. The molecule has 0 unspecified atom stereocenters. The van der Waals surface area contributed by atoms with Crippen molar-refractivity contribution in [2.75, 3.05) is 11.9 Å². The first-order valence-corrected chi connectivity index (χ1v) is 9.97. The molecule has 4 rings (SSSR count). The van der Waals surface area contributed by atoms with Crippen LogP contribution in [0.1, 0.15) is 33.2 Å². The summed E-state index contributed by atoms with van der Waals surface area (Å²) in [6, 6.07) is 15.4. The van der Waals surface area contributed by atoms with Gasteiger partial charge in [0, 0.05) is 22.7 Å². The van der Waals surface area contributed by atoms with E-state index < -0.39 is 11.9 Å². The maximum atomic E-state index is 13.2. The summed E-state index contributed by atoms with van der Waals surface area (Å²) in [6.07, 6.45) is 0.609. The molecule has 1 aliphatic heterocycles. The molecule has 2 aromatic carbocycles. The Kier molecular flexibility index (Phi) is 5.42. The first-order valence-electron chi connectivity index (χ1n) is 9.59. The molecule has 1 aliphatic rings. The normalized spacial score (nSPS) is 11.9. The number of anilines is 1. The molecule has 0 fully saturated rings. The second kappa shape index (κ2) is 8.16. The molecular weight excluding hydrogens is 404 g/mol. The van der Waals surface area contributed by atoms with Gasteiger partial charge in [0.15, 0.2) is 0 Å². The van der Waals surface area contributed by atoms with Gasteiger partial charge in [-0.15, -0.1) is 0 Å². The van der Waals surface area contributed by atoms with Crippen molar-refractivity contribution in [1.82, 2.24) is 4.57 Å². The van der Waals surface area contributed by atoms with Crippen LogP contribution in [0.15, 0.2) is 59.4 Å². The number of rotatable bonds is 4. The zero-order chi connectivity index (χ0) is 21.3. The van der Waals surface area contributed by atoms with Crippen molar-refractivity contribution in [2.45, 2.75) is 19.9 Å². The second-order valence-electron chi connectivity index (χ2n) is 6.87. The smallest absolute Gasteiger partial charge is 0.340 e. The van der Waals surface area contributed by atoms with E-state index in [2.05, 4.69) is 5.32 Å². The Morgan fingerprint density at radius 2 is 1.90 bits per heavy atom. The van der Waals surface area contributed by atoms with Crippen LogP contribution in [0.5, 0.6) is 0 Å². The van der Waals surface area contributed by atoms with Crippen molar-refractivity contribution in [2.24, 2.45) is 0 Å². The monoisotopic (exact) mass is 422 g/mol. The molecule has 2 heterocycles. The SMILES string of the molecule is CCOC(=O)c1cc(NC(=O)c2ccccc2)c(=O)n2c1-c1cc(Cl)ccc1CC2. The van der Waals surface area contributed by atoms with Crippen LogP contribution in [0, 0.1) is 0 Å². The quantitative estimate of drug-likeness (QED) is 0.640. The lowest BCUT2D eigenvalue weighted by Crippen LogP contribution is -2.32. The van der Waals surface area contributed by atoms with E-state index in [1.807, 2.05) is 6.07 Å². The summed E-state index contributed by atoms with van der Waals surface area (Å²) >= 11 is 6.18. The van der Waals surface area contributed by atoms with Crippen LogP contribution >= 0.6 is 11.6 Å². The fourth-order valence-corrected chi connectivity index (χ4v) is 3.80. The fourth-order valence-electron chi connectivity index (χ4n) is 3.63. The predicted octanol–water partition coefficient (Wildman–Crippen LogP) is 4.15. The van der Waals surface area contributed by atoms with Crippen molar-refractivity contribution in [3.8, 4) is 11.3 Å². The maximum Gasteiger partial charge on any atom is 0.340 e. The molecule has 0 aliphatic carbocycles. The van der Waals surface area contributed by atoms with Gasteiger partial charge in [0.05, 0.1) is 17.9 Å². The van der Waals surface area contributed by atoms with Gasteiger partial charge >= 0.3 is 5.97 Å². The number of aromatic nitrogens is 1. The number of hydrogen-bond acceptors (Lipinski definition) is 4. The molecule has 7 heteroatoms. The highest BCUT2D eigenvalue weighted by molar-refractivity contribution is 6.31. The third-order valence-electron chi connectivity index (χ3n) is 5.00. The molecule has 0 saturated carbocycles. The average molecular weight is 423 g/mol. The third kappa shape index (κ3) is 3.62. The van der Waals surface area contributed by atoms with Crippen LogP contribution in [-0.2, 0) is 17.7 Å². The number of carbonyl (C=O) groups is 2. The molecule has 0 spiro atoms. The largest absolute Gasteiger partial charge is 0.462 e. The Labute approximate surface area is 178 Å². The fraction of sp³-hybridized carbons (Fsp3) is 0.174. The van der Waals surface area contributed by atoms with Gasteiger partial charge in [0.25, 0.3) is 11.5 Å². The summed E-state index contributed by atoms with van der Waals surface area (Å²) in [5.74, 6) is -0.994. The Bertz CT molecular complexity index is 1200. The van der Waals surface area contributed by atoms with Gasteiger partial charge in [-0.3, -0.25) is 9.59 Å². The van der Waals surface area contributed by atoms with E-state index in [0.717, 1.165) is 11.1 Å². The molecule has 1 amide bonds. The van der Waals surface area contributed by atoms with Gasteiger partial charge in [0.1, 0.15) is 5.69 Å². The number of fused-ring (bicyclic) bond motifs is 3. The molecule has 0 atom stereocenters. The Balaban J connectivity index is 1.87. The number of carbonyl (C=O) groups excluding carboxylic acids is 2. The van der Waals surface area contributed by atoms with E-state index in [1.54, 1.807) is 49.4 Å². The molecule has 0 saturated heterocycles. The lowest BCUT2D eigenvalue weighted by atomic mass is 9.94.